The number of ether oxygens (including phenoxy) is 2. The van der Waals surface area contributed by atoms with Crippen LogP contribution < -0.4 is 10.1 Å². The van der Waals surface area contributed by atoms with E-state index in [4.69, 9.17) is 9.47 Å². The standard InChI is InChI=1S/C28H36N2O4/c1-18(2)33-17-16-30-26(31)24(20-8-14-23(15-9-20)34-19(3)4)25(27(30)32)29-22-12-10-21(11-13-22)28(5,6)7/h8-15,18-19,29H,16-17H2,1-7H3. The first-order valence-electron chi connectivity index (χ1n) is 11.8. The Labute approximate surface area is 202 Å². The number of benzene rings is 2. The van der Waals surface area contributed by atoms with Crippen LogP contribution in [0.2, 0.25) is 0 Å². The van der Waals surface area contributed by atoms with Gasteiger partial charge in [0.15, 0.2) is 0 Å². The molecule has 2 aromatic carbocycles. The van der Waals surface area contributed by atoms with Crippen molar-refractivity contribution in [3.8, 4) is 5.75 Å². The summed E-state index contributed by atoms with van der Waals surface area (Å²) in [6.07, 6.45) is 0.0668. The van der Waals surface area contributed by atoms with E-state index >= 15 is 0 Å². The van der Waals surface area contributed by atoms with Gasteiger partial charge in [0, 0.05) is 5.69 Å². The lowest BCUT2D eigenvalue weighted by Gasteiger charge is -2.19. The van der Waals surface area contributed by atoms with Gasteiger partial charge >= 0.3 is 0 Å². The molecule has 1 heterocycles. The summed E-state index contributed by atoms with van der Waals surface area (Å²) in [5.74, 6) is 0.0315. The van der Waals surface area contributed by atoms with E-state index in [0.717, 1.165) is 5.69 Å². The van der Waals surface area contributed by atoms with Gasteiger partial charge in [0.25, 0.3) is 11.8 Å². The molecule has 6 heteroatoms. The average molecular weight is 465 g/mol. The van der Waals surface area contributed by atoms with Gasteiger partial charge in [-0.25, -0.2) is 0 Å². The second kappa shape index (κ2) is 10.4. The number of nitrogens with one attached hydrogen (secondary N) is 1. The molecule has 0 fully saturated rings. The molecule has 0 saturated carbocycles. The van der Waals surface area contributed by atoms with Crippen molar-refractivity contribution in [3.63, 3.8) is 0 Å². The van der Waals surface area contributed by atoms with E-state index in [2.05, 4.69) is 26.1 Å². The summed E-state index contributed by atoms with van der Waals surface area (Å²) in [7, 11) is 0. The minimum Gasteiger partial charge on any atom is -0.491 e. The Kier molecular flexibility index (Phi) is 7.82. The summed E-state index contributed by atoms with van der Waals surface area (Å²) in [4.78, 5) is 27.9. The largest absolute Gasteiger partial charge is 0.491 e. The van der Waals surface area contributed by atoms with Crippen LogP contribution in [-0.4, -0.2) is 42.1 Å². The molecule has 0 aliphatic carbocycles. The number of hydrogen-bond donors (Lipinski definition) is 1. The van der Waals surface area contributed by atoms with E-state index in [1.807, 2.05) is 76.2 Å². The van der Waals surface area contributed by atoms with Gasteiger partial charge in [-0.1, -0.05) is 45.0 Å². The van der Waals surface area contributed by atoms with Crippen LogP contribution >= 0.6 is 0 Å². The Bertz CT molecular complexity index is 1050. The number of rotatable bonds is 9. The molecule has 182 valence electrons. The molecule has 0 radical (unpaired) electrons. The van der Waals surface area contributed by atoms with Crippen LogP contribution in [0.1, 0.15) is 59.6 Å². The zero-order valence-electron chi connectivity index (χ0n) is 21.3. The fraction of sp³-hybridized carbons (Fsp3) is 0.429. The summed E-state index contributed by atoms with van der Waals surface area (Å²) < 4.78 is 11.3. The van der Waals surface area contributed by atoms with Crippen molar-refractivity contribution < 1.29 is 19.1 Å². The van der Waals surface area contributed by atoms with Crippen molar-refractivity contribution in [1.82, 2.24) is 4.90 Å². The van der Waals surface area contributed by atoms with Crippen LogP contribution in [-0.2, 0) is 19.7 Å². The molecule has 0 bridgehead atoms. The first-order valence-corrected chi connectivity index (χ1v) is 11.8. The van der Waals surface area contributed by atoms with Crippen LogP contribution in [0.4, 0.5) is 5.69 Å². The van der Waals surface area contributed by atoms with Crippen molar-refractivity contribution in [1.29, 1.82) is 0 Å². The maximum atomic E-state index is 13.4. The van der Waals surface area contributed by atoms with Gasteiger partial charge in [-0.2, -0.15) is 0 Å². The van der Waals surface area contributed by atoms with Gasteiger partial charge in [-0.3, -0.25) is 14.5 Å². The molecular weight excluding hydrogens is 428 g/mol. The van der Waals surface area contributed by atoms with E-state index in [0.29, 0.717) is 16.9 Å². The summed E-state index contributed by atoms with van der Waals surface area (Å²) in [6, 6.07) is 15.2. The molecule has 34 heavy (non-hydrogen) atoms. The van der Waals surface area contributed by atoms with Gasteiger partial charge in [-0.05, 0) is 68.5 Å². The Balaban J connectivity index is 1.94. The number of amides is 2. The molecule has 1 aliphatic rings. The van der Waals surface area contributed by atoms with Crippen LogP contribution in [0.3, 0.4) is 0 Å². The highest BCUT2D eigenvalue weighted by atomic mass is 16.5. The second-order valence-electron chi connectivity index (χ2n) is 10.1. The predicted octanol–water partition coefficient (Wildman–Crippen LogP) is 5.39. The Morgan fingerprint density at radius 1 is 0.853 bits per heavy atom. The van der Waals surface area contributed by atoms with Crippen molar-refractivity contribution >= 4 is 23.1 Å². The van der Waals surface area contributed by atoms with Gasteiger partial charge < -0.3 is 14.8 Å². The number of carbonyl (C=O) groups is 2. The monoisotopic (exact) mass is 464 g/mol. The molecule has 3 rings (SSSR count). The number of carbonyl (C=O) groups excluding carboxylic acids is 2. The van der Waals surface area contributed by atoms with Crippen molar-refractivity contribution in [3.05, 3.63) is 65.4 Å². The summed E-state index contributed by atoms with van der Waals surface area (Å²) in [5.41, 5.74) is 3.25. The second-order valence-corrected chi connectivity index (χ2v) is 10.1. The lowest BCUT2D eigenvalue weighted by Crippen LogP contribution is -2.35. The number of anilines is 1. The quantitative estimate of drug-likeness (QED) is 0.504. The van der Waals surface area contributed by atoms with Crippen LogP contribution in [0, 0.1) is 0 Å². The summed E-state index contributed by atoms with van der Waals surface area (Å²) >= 11 is 0. The van der Waals surface area contributed by atoms with E-state index in [9.17, 15) is 9.59 Å². The Morgan fingerprint density at radius 3 is 2.00 bits per heavy atom. The van der Waals surface area contributed by atoms with E-state index in [1.165, 1.54) is 10.5 Å². The average Bonchev–Trinajstić information content (AvgIpc) is 2.98. The fourth-order valence-corrected chi connectivity index (χ4v) is 3.71. The van der Waals surface area contributed by atoms with Crippen molar-refractivity contribution in [2.24, 2.45) is 0 Å². The molecule has 1 N–H and O–H groups in total. The van der Waals surface area contributed by atoms with Crippen molar-refractivity contribution in [2.75, 3.05) is 18.5 Å². The third-order valence-electron chi connectivity index (χ3n) is 5.47. The number of hydrogen-bond acceptors (Lipinski definition) is 5. The predicted molar refractivity (Wildman–Crippen MR) is 136 cm³/mol. The molecule has 0 spiro atoms. The minimum atomic E-state index is -0.352. The Morgan fingerprint density at radius 2 is 1.47 bits per heavy atom. The molecule has 6 nitrogen and oxygen atoms in total. The van der Waals surface area contributed by atoms with Gasteiger partial charge in [0.1, 0.15) is 11.4 Å². The van der Waals surface area contributed by atoms with Crippen LogP contribution in [0.15, 0.2) is 54.2 Å². The topological polar surface area (TPSA) is 67.9 Å². The lowest BCUT2D eigenvalue weighted by atomic mass is 9.87. The molecule has 2 amide bonds. The molecule has 1 aliphatic heterocycles. The molecule has 0 unspecified atom stereocenters. The number of nitrogens with zero attached hydrogens (tertiary/aromatic N) is 1. The van der Waals surface area contributed by atoms with Gasteiger partial charge in [0.2, 0.25) is 0 Å². The third kappa shape index (κ3) is 6.06. The zero-order valence-corrected chi connectivity index (χ0v) is 21.3. The molecular formula is C28H36N2O4. The normalized spacial score (nSPS) is 14.6. The maximum absolute atomic E-state index is 13.4. The lowest BCUT2D eigenvalue weighted by molar-refractivity contribution is -0.137. The van der Waals surface area contributed by atoms with E-state index < -0.39 is 0 Å². The molecule has 0 atom stereocenters. The summed E-state index contributed by atoms with van der Waals surface area (Å²) in [5, 5.41) is 3.22. The third-order valence-corrected chi connectivity index (χ3v) is 5.47. The van der Waals surface area contributed by atoms with Crippen LogP contribution in [0.25, 0.3) is 5.57 Å². The minimum absolute atomic E-state index is 0.0210. The highest BCUT2D eigenvalue weighted by molar-refractivity contribution is 6.36. The van der Waals surface area contributed by atoms with E-state index in [1.54, 1.807) is 0 Å². The molecule has 0 saturated heterocycles. The zero-order chi connectivity index (χ0) is 25.0. The van der Waals surface area contributed by atoms with Crippen molar-refractivity contribution in [2.45, 2.75) is 66.1 Å². The Hall–Kier alpha value is -3.12. The molecule has 2 aromatic rings. The van der Waals surface area contributed by atoms with E-state index in [-0.39, 0.29) is 48.3 Å². The maximum Gasteiger partial charge on any atom is 0.278 e. The van der Waals surface area contributed by atoms with Gasteiger partial charge in [-0.15, -0.1) is 0 Å². The first-order chi connectivity index (χ1) is 16.0. The fourth-order valence-electron chi connectivity index (χ4n) is 3.71. The molecule has 0 aromatic heterocycles. The highest BCUT2D eigenvalue weighted by Crippen LogP contribution is 2.32. The smallest absolute Gasteiger partial charge is 0.278 e. The highest BCUT2D eigenvalue weighted by Gasteiger charge is 2.39. The summed E-state index contributed by atoms with van der Waals surface area (Å²) in [6.45, 7) is 14.7. The first kappa shape index (κ1) is 25.5. The van der Waals surface area contributed by atoms with Gasteiger partial charge in [0.05, 0.1) is 30.9 Å². The number of imide groups is 1. The van der Waals surface area contributed by atoms with Crippen LogP contribution in [0.5, 0.6) is 5.75 Å². The SMILES string of the molecule is CC(C)OCCN1C(=O)C(Nc2ccc(C(C)(C)C)cc2)=C(c2ccc(OC(C)C)cc2)C1=O.